The monoisotopic (exact) mass is 179 g/mol. The van der Waals surface area contributed by atoms with Gasteiger partial charge in [0.2, 0.25) is 0 Å². The standard InChI is InChI=1S/C10H13NO2/c11-7-9(10(12)13)6-8-4-2-1-3-5-8/h1-4,6,8H,5,7,11H2,(H,12,13). The van der Waals surface area contributed by atoms with Gasteiger partial charge in [-0.2, -0.15) is 0 Å². The van der Waals surface area contributed by atoms with E-state index in [0.29, 0.717) is 0 Å². The maximum atomic E-state index is 10.6. The molecule has 3 heteroatoms. The molecule has 0 radical (unpaired) electrons. The van der Waals surface area contributed by atoms with Gasteiger partial charge in [0.25, 0.3) is 0 Å². The molecule has 1 atom stereocenters. The Hall–Kier alpha value is -1.35. The zero-order valence-corrected chi connectivity index (χ0v) is 7.31. The molecule has 0 amide bonds. The Morgan fingerprint density at radius 1 is 1.62 bits per heavy atom. The fourth-order valence-electron chi connectivity index (χ4n) is 1.21. The molecule has 0 saturated heterocycles. The molecule has 0 heterocycles. The first kappa shape index (κ1) is 9.74. The van der Waals surface area contributed by atoms with E-state index < -0.39 is 5.97 Å². The lowest BCUT2D eigenvalue weighted by molar-refractivity contribution is -0.132. The van der Waals surface area contributed by atoms with Crippen molar-refractivity contribution in [1.82, 2.24) is 0 Å². The van der Waals surface area contributed by atoms with Crippen LogP contribution >= 0.6 is 0 Å². The maximum absolute atomic E-state index is 10.6. The van der Waals surface area contributed by atoms with Gasteiger partial charge in [-0.1, -0.05) is 30.4 Å². The molecular formula is C10H13NO2. The van der Waals surface area contributed by atoms with Gasteiger partial charge in [-0.15, -0.1) is 0 Å². The van der Waals surface area contributed by atoms with Crippen LogP contribution < -0.4 is 5.73 Å². The van der Waals surface area contributed by atoms with Crippen LogP contribution in [0.3, 0.4) is 0 Å². The molecule has 0 bridgehead atoms. The molecule has 0 aromatic heterocycles. The van der Waals surface area contributed by atoms with Crippen molar-refractivity contribution in [3.05, 3.63) is 36.0 Å². The largest absolute Gasteiger partial charge is 0.478 e. The van der Waals surface area contributed by atoms with Crippen LogP contribution in [0.1, 0.15) is 6.42 Å². The fraction of sp³-hybridized carbons (Fsp3) is 0.300. The molecule has 0 fully saturated rings. The minimum absolute atomic E-state index is 0.0867. The molecule has 1 unspecified atom stereocenters. The van der Waals surface area contributed by atoms with Gasteiger partial charge in [-0.25, -0.2) is 4.79 Å². The predicted octanol–water partition coefficient (Wildman–Crippen LogP) is 1.09. The summed E-state index contributed by atoms with van der Waals surface area (Å²) >= 11 is 0. The molecule has 0 aliphatic heterocycles. The lowest BCUT2D eigenvalue weighted by Gasteiger charge is -2.08. The van der Waals surface area contributed by atoms with Gasteiger partial charge in [0.05, 0.1) is 0 Å². The number of carbonyl (C=O) groups is 1. The number of hydrogen-bond donors (Lipinski definition) is 2. The second kappa shape index (κ2) is 4.62. The molecule has 13 heavy (non-hydrogen) atoms. The SMILES string of the molecule is NCC(=CC1C=CC=CC1)C(=O)O. The molecule has 1 aliphatic carbocycles. The van der Waals surface area contributed by atoms with Crippen LogP contribution in [0.25, 0.3) is 0 Å². The Morgan fingerprint density at radius 3 is 2.85 bits per heavy atom. The van der Waals surface area contributed by atoms with Crippen LogP contribution in [0.2, 0.25) is 0 Å². The summed E-state index contributed by atoms with van der Waals surface area (Å²) in [5.41, 5.74) is 5.58. The van der Waals surface area contributed by atoms with Crippen molar-refractivity contribution in [2.75, 3.05) is 6.54 Å². The Morgan fingerprint density at radius 2 is 2.38 bits per heavy atom. The Bertz CT molecular complexity index is 277. The molecule has 0 aromatic carbocycles. The minimum Gasteiger partial charge on any atom is -0.478 e. The topological polar surface area (TPSA) is 63.3 Å². The van der Waals surface area contributed by atoms with Gasteiger partial charge in [0.15, 0.2) is 0 Å². The number of aliphatic carboxylic acids is 1. The van der Waals surface area contributed by atoms with Crippen molar-refractivity contribution in [1.29, 1.82) is 0 Å². The van der Waals surface area contributed by atoms with Crippen molar-refractivity contribution in [2.24, 2.45) is 11.7 Å². The Balaban J connectivity index is 2.67. The molecule has 0 aromatic rings. The Kier molecular flexibility index (Phi) is 3.46. The number of carboxylic acid groups (broad SMARTS) is 1. The normalized spacial score (nSPS) is 21.9. The highest BCUT2D eigenvalue weighted by Gasteiger charge is 2.08. The molecule has 1 rings (SSSR count). The van der Waals surface area contributed by atoms with E-state index >= 15 is 0 Å². The summed E-state index contributed by atoms with van der Waals surface area (Å²) in [6.07, 6.45) is 10.4. The zero-order valence-electron chi connectivity index (χ0n) is 7.31. The van der Waals surface area contributed by atoms with Crippen LogP contribution in [0.15, 0.2) is 36.0 Å². The van der Waals surface area contributed by atoms with E-state index in [1.54, 1.807) is 6.08 Å². The van der Waals surface area contributed by atoms with E-state index in [-0.39, 0.29) is 18.0 Å². The summed E-state index contributed by atoms with van der Waals surface area (Å²) in [6.45, 7) is 0.0867. The molecule has 3 N–H and O–H groups in total. The molecule has 0 spiro atoms. The average Bonchev–Trinajstić information content (AvgIpc) is 2.15. The Labute approximate surface area is 77.2 Å². The second-order valence-electron chi connectivity index (χ2n) is 2.91. The van der Waals surface area contributed by atoms with Crippen LogP contribution in [-0.2, 0) is 4.79 Å². The smallest absolute Gasteiger partial charge is 0.332 e. The quantitative estimate of drug-likeness (QED) is 0.637. The van der Waals surface area contributed by atoms with E-state index in [4.69, 9.17) is 10.8 Å². The number of hydrogen-bond acceptors (Lipinski definition) is 2. The lowest BCUT2D eigenvalue weighted by atomic mass is 9.98. The summed E-state index contributed by atoms with van der Waals surface area (Å²) < 4.78 is 0. The highest BCUT2D eigenvalue weighted by atomic mass is 16.4. The van der Waals surface area contributed by atoms with Crippen LogP contribution in [-0.4, -0.2) is 17.6 Å². The third kappa shape index (κ3) is 2.87. The van der Waals surface area contributed by atoms with Crippen molar-refractivity contribution < 1.29 is 9.90 Å². The van der Waals surface area contributed by atoms with Crippen molar-refractivity contribution in [3.8, 4) is 0 Å². The molecule has 1 aliphatic rings. The lowest BCUT2D eigenvalue weighted by Crippen LogP contribution is -2.13. The highest BCUT2D eigenvalue weighted by Crippen LogP contribution is 2.14. The number of rotatable bonds is 3. The minimum atomic E-state index is -0.926. The van der Waals surface area contributed by atoms with E-state index in [9.17, 15) is 4.79 Å². The number of allylic oxidation sites excluding steroid dienone is 5. The van der Waals surface area contributed by atoms with Gasteiger partial charge in [-0.3, -0.25) is 0 Å². The van der Waals surface area contributed by atoms with E-state index in [1.807, 2.05) is 24.3 Å². The predicted molar refractivity (Wildman–Crippen MR) is 51.2 cm³/mol. The van der Waals surface area contributed by atoms with Crippen molar-refractivity contribution in [2.45, 2.75) is 6.42 Å². The van der Waals surface area contributed by atoms with E-state index in [1.165, 1.54) is 0 Å². The first-order chi connectivity index (χ1) is 6.24. The second-order valence-corrected chi connectivity index (χ2v) is 2.91. The van der Waals surface area contributed by atoms with Crippen LogP contribution in [0.5, 0.6) is 0 Å². The average molecular weight is 179 g/mol. The fourth-order valence-corrected chi connectivity index (χ4v) is 1.21. The third-order valence-corrected chi connectivity index (χ3v) is 1.92. The summed E-state index contributed by atoms with van der Waals surface area (Å²) in [6, 6.07) is 0. The first-order valence-corrected chi connectivity index (χ1v) is 4.21. The van der Waals surface area contributed by atoms with Gasteiger partial charge in [-0.05, 0) is 12.3 Å². The van der Waals surface area contributed by atoms with E-state index in [2.05, 4.69) is 0 Å². The molecule has 70 valence electrons. The molecular weight excluding hydrogens is 166 g/mol. The van der Waals surface area contributed by atoms with Gasteiger partial charge in [0.1, 0.15) is 0 Å². The first-order valence-electron chi connectivity index (χ1n) is 4.21. The number of nitrogens with two attached hydrogens (primary N) is 1. The van der Waals surface area contributed by atoms with Gasteiger partial charge in [0, 0.05) is 12.1 Å². The summed E-state index contributed by atoms with van der Waals surface area (Å²) in [5.74, 6) is -0.745. The summed E-state index contributed by atoms with van der Waals surface area (Å²) in [5, 5.41) is 8.71. The summed E-state index contributed by atoms with van der Waals surface area (Å²) in [7, 11) is 0. The molecule has 0 saturated carbocycles. The highest BCUT2D eigenvalue weighted by molar-refractivity contribution is 5.87. The van der Waals surface area contributed by atoms with Crippen molar-refractivity contribution >= 4 is 5.97 Å². The van der Waals surface area contributed by atoms with E-state index in [0.717, 1.165) is 6.42 Å². The molecule has 3 nitrogen and oxygen atoms in total. The van der Waals surface area contributed by atoms with Gasteiger partial charge < -0.3 is 10.8 Å². The maximum Gasteiger partial charge on any atom is 0.332 e. The summed E-state index contributed by atoms with van der Waals surface area (Å²) in [4.78, 5) is 10.6. The number of carboxylic acids is 1. The van der Waals surface area contributed by atoms with Crippen LogP contribution in [0, 0.1) is 5.92 Å². The van der Waals surface area contributed by atoms with Crippen molar-refractivity contribution in [3.63, 3.8) is 0 Å². The van der Waals surface area contributed by atoms with Gasteiger partial charge >= 0.3 is 5.97 Å². The zero-order chi connectivity index (χ0) is 9.68. The van der Waals surface area contributed by atoms with Crippen LogP contribution in [0.4, 0.5) is 0 Å². The third-order valence-electron chi connectivity index (χ3n) is 1.92.